The average Bonchev–Trinajstić information content (AvgIpc) is 2.77. The molecule has 1 saturated heterocycles. The molecule has 0 N–H and O–H groups in total. The van der Waals surface area contributed by atoms with Crippen LogP contribution < -0.4 is 14.2 Å². The van der Waals surface area contributed by atoms with Gasteiger partial charge in [-0.15, -0.1) is 0 Å². The smallest absolute Gasteiger partial charge is 0.261 e. The van der Waals surface area contributed by atoms with Crippen LogP contribution in [-0.4, -0.2) is 51.0 Å². The number of ether oxygens (including phenoxy) is 3. The number of hydrogen-bond acceptors (Lipinski definition) is 5. The number of hydrogen-bond donors (Lipinski definition) is 0. The van der Waals surface area contributed by atoms with Crippen molar-refractivity contribution >= 4 is 11.7 Å². The molecule has 1 unspecified atom stereocenters. The number of piperidine rings is 1. The molecule has 1 amide bonds. The summed E-state index contributed by atoms with van der Waals surface area (Å²) >= 11 is 0. The van der Waals surface area contributed by atoms with E-state index in [1.165, 1.54) is 14.2 Å². The van der Waals surface area contributed by atoms with Gasteiger partial charge in [0.15, 0.2) is 5.78 Å². The Labute approximate surface area is 165 Å². The van der Waals surface area contributed by atoms with Crippen molar-refractivity contribution in [2.24, 2.45) is 5.92 Å². The number of Topliss-reactive ketones (excluding diaryl/α,β-unsaturated/α-hetero) is 1. The second-order valence-electron chi connectivity index (χ2n) is 6.72. The van der Waals surface area contributed by atoms with Crippen LogP contribution in [0.25, 0.3) is 0 Å². The van der Waals surface area contributed by atoms with E-state index < -0.39 is 0 Å². The molecule has 1 atom stereocenters. The number of likely N-dealkylation sites (tertiary alicyclic amines) is 1. The molecular formula is C22H25NO5. The van der Waals surface area contributed by atoms with E-state index in [-0.39, 0.29) is 17.6 Å². The van der Waals surface area contributed by atoms with Crippen molar-refractivity contribution in [2.75, 3.05) is 34.4 Å². The summed E-state index contributed by atoms with van der Waals surface area (Å²) in [7, 11) is 4.64. The fraction of sp³-hybridized carbons (Fsp3) is 0.364. The fourth-order valence-corrected chi connectivity index (χ4v) is 3.59. The number of rotatable bonds is 6. The molecule has 1 heterocycles. The zero-order valence-electron chi connectivity index (χ0n) is 16.4. The molecule has 0 spiro atoms. The van der Waals surface area contributed by atoms with Crippen molar-refractivity contribution in [3.05, 3.63) is 53.6 Å². The second kappa shape index (κ2) is 8.78. The molecule has 0 aliphatic carbocycles. The molecule has 2 aromatic carbocycles. The van der Waals surface area contributed by atoms with Gasteiger partial charge in [-0.3, -0.25) is 9.59 Å². The van der Waals surface area contributed by atoms with Gasteiger partial charge in [0.25, 0.3) is 5.91 Å². The number of amides is 1. The van der Waals surface area contributed by atoms with Crippen LogP contribution >= 0.6 is 0 Å². The largest absolute Gasteiger partial charge is 0.497 e. The highest BCUT2D eigenvalue weighted by molar-refractivity contribution is 6.01. The van der Waals surface area contributed by atoms with E-state index in [1.54, 1.807) is 54.5 Å². The number of benzene rings is 2. The van der Waals surface area contributed by atoms with Gasteiger partial charge >= 0.3 is 0 Å². The van der Waals surface area contributed by atoms with Crippen LogP contribution in [0.2, 0.25) is 0 Å². The number of carbonyl (C=O) groups is 2. The first kappa shape index (κ1) is 19.7. The highest BCUT2D eigenvalue weighted by Gasteiger charge is 2.31. The molecule has 1 fully saturated rings. The minimum Gasteiger partial charge on any atom is -0.497 e. The van der Waals surface area contributed by atoms with Crippen LogP contribution in [0.4, 0.5) is 0 Å². The molecule has 1 aliphatic heterocycles. The Kier molecular flexibility index (Phi) is 6.19. The summed E-state index contributed by atoms with van der Waals surface area (Å²) in [6.45, 7) is 0.983. The predicted octanol–water partition coefficient (Wildman–Crippen LogP) is 3.45. The number of ketones is 1. The van der Waals surface area contributed by atoms with Crippen LogP contribution in [0.5, 0.6) is 17.2 Å². The molecule has 0 aromatic heterocycles. The van der Waals surface area contributed by atoms with Crippen LogP contribution in [0.15, 0.2) is 42.5 Å². The van der Waals surface area contributed by atoms with Crippen molar-refractivity contribution in [1.29, 1.82) is 0 Å². The molecule has 2 aromatic rings. The number of carbonyl (C=O) groups excluding carboxylic acids is 2. The summed E-state index contributed by atoms with van der Waals surface area (Å²) in [5.41, 5.74) is 1.03. The first-order chi connectivity index (χ1) is 13.6. The second-order valence-corrected chi connectivity index (χ2v) is 6.72. The molecule has 1 aliphatic rings. The van der Waals surface area contributed by atoms with Gasteiger partial charge in [0.05, 0.1) is 21.3 Å². The summed E-state index contributed by atoms with van der Waals surface area (Å²) < 4.78 is 15.9. The van der Waals surface area contributed by atoms with Gasteiger partial charge in [-0.05, 0) is 49.2 Å². The normalized spacial score (nSPS) is 16.4. The van der Waals surface area contributed by atoms with Crippen LogP contribution in [0, 0.1) is 5.92 Å². The Hall–Kier alpha value is -3.02. The topological polar surface area (TPSA) is 65.1 Å². The molecule has 0 radical (unpaired) electrons. The maximum atomic E-state index is 13.2. The van der Waals surface area contributed by atoms with Crippen molar-refractivity contribution in [1.82, 2.24) is 4.90 Å². The third-order valence-electron chi connectivity index (χ3n) is 5.10. The molecule has 28 heavy (non-hydrogen) atoms. The van der Waals surface area contributed by atoms with E-state index in [0.717, 1.165) is 12.8 Å². The SMILES string of the molecule is COc1ccc(C(=O)C2CCCN(C(=O)c3c(OC)cccc3OC)C2)cc1. The zero-order chi connectivity index (χ0) is 20.1. The quantitative estimate of drug-likeness (QED) is 0.715. The third-order valence-corrected chi connectivity index (χ3v) is 5.10. The van der Waals surface area contributed by atoms with Gasteiger partial charge in [0.1, 0.15) is 22.8 Å². The fourth-order valence-electron chi connectivity index (χ4n) is 3.59. The monoisotopic (exact) mass is 383 g/mol. The highest BCUT2D eigenvalue weighted by Crippen LogP contribution is 2.31. The molecular weight excluding hydrogens is 358 g/mol. The van der Waals surface area contributed by atoms with E-state index in [1.807, 2.05) is 0 Å². The lowest BCUT2D eigenvalue weighted by atomic mass is 9.89. The Morgan fingerprint density at radius 1 is 0.929 bits per heavy atom. The van der Waals surface area contributed by atoms with Gasteiger partial charge in [-0.2, -0.15) is 0 Å². The highest BCUT2D eigenvalue weighted by atomic mass is 16.5. The van der Waals surface area contributed by atoms with Crippen LogP contribution in [-0.2, 0) is 0 Å². The van der Waals surface area contributed by atoms with E-state index in [9.17, 15) is 9.59 Å². The molecule has 3 rings (SSSR count). The van der Waals surface area contributed by atoms with E-state index in [0.29, 0.717) is 41.5 Å². The minimum absolute atomic E-state index is 0.0483. The van der Waals surface area contributed by atoms with Gasteiger partial charge < -0.3 is 19.1 Å². The summed E-state index contributed by atoms with van der Waals surface area (Å²) in [5.74, 6) is 1.28. The van der Waals surface area contributed by atoms with Gasteiger partial charge in [-0.25, -0.2) is 0 Å². The van der Waals surface area contributed by atoms with Crippen LogP contribution in [0.1, 0.15) is 33.6 Å². The summed E-state index contributed by atoms with van der Waals surface area (Å²) in [6, 6.07) is 12.3. The molecule has 0 saturated carbocycles. The van der Waals surface area contributed by atoms with Crippen LogP contribution in [0.3, 0.4) is 0 Å². The molecule has 148 valence electrons. The van der Waals surface area contributed by atoms with Crippen molar-refractivity contribution in [3.63, 3.8) is 0 Å². The number of nitrogens with zero attached hydrogens (tertiary/aromatic N) is 1. The molecule has 6 heteroatoms. The summed E-state index contributed by atoms with van der Waals surface area (Å²) in [6.07, 6.45) is 1.54. The average molecular weight is 383 g/mol. The summed E-state index contributed by atoms with van der Waals surface area (Å²) in [5, 5.41) is 0. The lowest BCUT2D eigenvalue weighted by molar-refractivity contribution is 0.0631. The van der Waals surface area contributed by atoms with Crippen molar-refractivity contribution < 1.29 is 23.8 Å². The zero-order valence-corrected chi connectivity index (χ0v) is 16.4. The molecule has 0 bridgehead atoms. The predicted molar refractivity (Wildman–Crippen MR) is 105 cm³/mol. The van der Waals surface area contributed by atoms with Crippen molar-refractivity contribution in [3.8, 4) is 17.2 Å². The lowest BCUT2D eigenvalue weighted by Crippen LogP contribution is -2.42. The first-order valence-electron chi connectivity index (χ1n) is 9.27. The van der Waals surface area contributed by atoms with E-state index in [2.05, 4.69) is 0 Å². The Morgan fingerprint density at radius 2 is 1.57 bits per heavy atom. The van der Waals surface area contributed by atoms with Gasteiger partial charge in [-0.1, -0.05) is 6.07 Å². The van der Waals surface area contributed by atoms with Crippen molar-refractivity contribution in [2.45, 2.75) is 12.8 Å². The Bertz CT molecular complexity index is 824. The minimum atomic E-state index is -0.230. The maximum Gasteiger partial charge on any atom is 0.261 e. The Balaban J connectivity index is 1.79. The lowest BCUT2D eigenvalue weighted by Gasteiger charge is -2.32. The first-order valence-corrected chi connectivity index (χ1v) is 9.27. The number of methoxy groups -OCH3 is 3. The van der Waals surface area contributed by atoms with Gasteiger partial charge in [0, 0.05) is 24.6 Å². The third kappa shape index (κ3) is 3.96. The molecule has 6 nitrogen and oxygen atoms in total. The van der Waals surface area contributed by atoms with E-state index >= 15 is 0 Å². The maximum absolute atomic E-state index is 13.2. The Morgan fingerprint density at radius 3 is 2.14 bits per heavy atom. The van der Waals surface area contributed by atoms with Gasteiger partial charge in [0.2, 0.25) is 0 Å². The van der Waals surface area contributed by atoms with E-state index in [4.69, 9.17) is 14.2 Å². The standard InChI is InChI=1S/C22H25NO5/c1-26-17-11-9-15(10-12-17)21(24)16-6-5-13-23(14-16)22(25)20-18(27-2)7-4-8-19(20)28-3/h4,7-12,16H,5-6,13-14H2,1-3H3. The summed E-state index contributed by atoms with van der Waals surface area (Å²) in [4.78, 5) is 27.8.